The van der Waals surface area contributed by atoms with Crippen molar-refractivity contribution in [3.63, 3.8) is 0 Å². The maximum atomic E-state index is 5.45. The SMILES string of the molecule is CC(CCN)CN1CCC1. The Morgan fingerprint density at radius 2 is 2.20 bits per heavy atom. The van der Waals surface area contributed by atoms with Crippen LogP contribution in [-0.2, 0) is 0 Å². The summed E-state index contributed by atoms with van der Waals surface area (Å²) in [4.78, 5) is 2.50. The molecule has 60 valence electrons. The Kier molecular flexibility index (Phi) is 3.16. The van der Waals surface area contributed by atoms with Gasteiger partial charge in [-0.2, -0.15) is 0 Å². The van der Waals surface area contributed by atoms with Crippen molar-refractivity contribution < 1.29 is 0 Å². The van der Waals surface area contributed by atoms with Crippen molar-refractivity contribution in [3.05, 3.63) is 0 Å². The first-order valence-corrected chi connectivity index (χ1v) is 4.25. The van der Waals surface area contributed by atoms with Crippen molar-refractivity contribution in [1.82, 2.24) is 4.90 Å². The van der Waals surface area contributed by atoms with Gasteiger partial charge in [0.15, 0.2) is 0 Å². The van der Waals surface area contributed by atoms with Crippen molar-refractivity contribution >= 4 is 0 Å². The smallest absolute Gasteiger partial charge is 0.000751 e. The fraction of sp³-hybridized carbons (Fsp3) is 1.00. The minimum atomic E-state index is 0.797. The number of hydrogen-bond acceptors (Lipinski definition) is 2. The normalized spacial score (nSPS) is 22.2. The van der Waals surface area contributed by atoms with Crippen molar-refractivity contribution in [2.45, 2.75) is 19.8 Å². The molecule has 1 rings (SSSR count). The molecule has 0 amide bonds. The Balaban J connectivity index is 1.99. The van der Waals surface area contributed by atoms with Crippen molar-refractivity contribution in [1.29, 1.82) is 0 Å². The molecule has 1 unspecified atom stereocenters. The highest BCUT2D eigenvalue weighted by Crippen LogP contribution is 2.10. The topological polar surface area (TPSA) is 29.3 Å². The van der Waals surface area contributed by atoms with Crippen LogP contribution >= 0.6 is 0 Å². The highest BCUT2D eigenvalue weighted by atomic mass is 15.2. The van der Waals surface area contributed by atoms with Crippen LogP contribution in [-0.4, -0.2) is 31.1 Å². The number of nitrogens with two attached hydrogens (primary N) is 1. The summed E-state index contributed by atoms with van der Waals surface area (Å²) in [6.07, 6.45) is 2.58. The van der Waals surface area contributed by atoms with Gasteiger partial charge in [0.25, 0.3) is 0 Å². The van der Waals surface area contributed by atoms with Crippen molar-refractivity contribution in [2.75, 3.05) is 26.2 Å². The van der Waals surface area contributed by atoms with E-state index >= 15 is 0 Å². The van der Waals surface area contributed by atoms with Crippen molar-refractivity contribution in [3.8, 4) is 0 Å². The lowest BCUT2D eigenvalue weighted by Gasteiger charge is -2.32. The van der Waals surface area contributed by atoms with Gasteiger partial charge in [0.1, 0.15) is 0 Å². The Hall–Kier alpha value is -0.0800. The van der Waals surface area contributed by atoms with E-state index in [9.17, 15) is 0 Å². The van der Waals surface area contributed by atoms with E-state index in [0.717, 1.165) is 12.5 Å². The maximum absolute atomic E-state index is 5.45. The zero-order valence-electron chi connectivity index (χ0n) is 6.84. The van der Waals surface area contributed by atoms with Gasteiger partial charge in [-0.3, -0.25) is 0 Å². The van der Waals surface area contributed by atoms with E-state index in [-0.39, 0.29) is 0 Å². The molecule has 2 nitrogen and oxygen atoms in total. The van der Waals surface area contributed by atoms with E-state index in [1.165, 1.54) is 32.5 Å². The van der Waals surface area contributed by atoms with Gasteiger partial charge in [0.2, 0.25) is 0 Å². The third-order valence-corrected chi connectivity index (χ3v) is 2.18. The zero-order valence-corrected chi connectivity index (χ0v) is 6.84. The van der Waals surface area contributed by atoms with Gasteiger partial charge < -0.3 is 10.6 Å². The molecule has 0 aromatic carbocycles. The van der Waals surface area contributed by atoms with Gasteiger partial charge in [0.05, 0.1) is 0 Å². The van der Waals surface area contributed by atoms with Crippen LogP contribution in [0.2, 0.25) is 0 Å². The molecule has 0 bridgehead atoms. The molecule has 0 aromatic heterocycles. The summed E-state index contributed by atoms with van der Waals surface area (Å²) in [5, 5.41) is 0. The molecule has 0 aliphatic carbocycles. The average molecular weight is 142 g/mol. The second kappa shape index (κ2) is 3.94. The molecule has 0 saturated carbocycles. The van der Waals surface area contributed by atoms with Crippen LogP contribution in [0.4, 0.5) is 0 Å². The largest absolute Gasteiger partial charge is 0.330 e. The van der Waals surface area contributed by atoms with Gasteiger partial charge in [-0.1, -0.05) is 6.92 Å². The van der Waals surface area contributed by atoms with E-state index in [1.54, 1.807) is 0 Å². The van der Waals surface area contributed by atoms with Gasteiger partial charge in [0, 0.05) is 6.54 Å². The molecule has 1 aliphatic heterocycles. The average Bonchev–Trinajstić information content (AvgIpc) is 1.80. The Labute approximate surface area is 63.4 Å². The van der Waals surface area contributed by atoms with E-state index in [1.807, 2.05) is 0 Å². The molecule has 2 N–H and O–H groups in total. The Morgan fingerprint density at radius 3 is 2.60 bits per heavy atom. The molecule has 10 heavy (non-hydrogen) atoms. The van der Waals surface area contributed by atoms with Gasteiger partial charge >= 0.3 is 0 Å². The minimum absolute atomic E-state index is 0.797. The minimum Gasteiger partial charge on any atom is -0.330 e. The number of hydrogen-bond donors (Lipinski definition) is 1. The predicted molar refractivity (Wildman–Crippen MR) is 43.9 cm³/mol. The summed E-state index contributed by atoms with van der Waals surface area (Å²) in [6.45, 7) is 7.02. The third kappa shape index (κ3) is 2.27. The van der Waals surface area contributed by atoms with E-state index in [2.05, 4.69) is 11.8 Å². The molecule has 0 spiro atoms. The number of nitrogens with zero attached hydrogens (tertiary/aromatic N) is 1. The highest BCUT2D eigenvalue weighted by Gasteiger charge is 2.15. The molecular weight excluding hydrogens is 124 g/mol. The Morgan fingerprint density at radius 1 is 1.50 bits per heavy atom. The van der Waals surface area contributed by atoms with Crippen LogP contribution in [0.25, 0.3) is 0 Å². The lowest BCUT2D eigenvalue weighted by Crippen LogP contribution is -2.40. The van der Waals surface area contributed by atoms with E-state index in [0.29, 0.717) is 0 Å². The molecule has 1 aliphatic rings. The monoisotopic (exact) mass is 142 g/mol. The summed E-state index contributed by atoms with van der Waals surface area (Å²) in [7, 11) is 0. The first-order chi connectivity index (χ1) is 4.83. The molecule has 1 heterocycles. The van der Waals surface area contributed by atoms with Gasteiger partial charge in [-0.25, -0.2) is 0 Å². The number of rotatable bonds is 4. The summed E-state index contributed by atoms with van der Waals surface area (Å²) in [5.41, 5.74) is 5.45. The predicted octanol–water partition coefficient (Wildman–Crippen LogP) is 0.677. The van der Waals surface area contributed by atoms with E-state index < -0.39 is 0 Å². The van der Waals surface area contributed by atoms with Crippen LogP contribution < -0.4 is 5.73 Å². The van der Waals surface area contributed by atoms with Crippen molar-refractivity contribution in [2.24, 2.45) is 11.7 Å². The fourth-order valence-electron chi connectivity index (χ4n) is 1.38. The first kappa shape index (κ1) is 8.02. The third-order valence-electron chi connectivity index (χ3n) is 2.18. The summed E-state index contributed by atoms with van der Waals surface area (Å²) >= 11 is 0. The van der Waals surface area contributed by atoms with E-state index in [4.69, 9.17) is 5.73 Å². The lowest BCUT2D eigenvalue weighted by molar-refractivity contribution is 0.154. The second-order valence-corrected chi connectivity index (χ2v) is 3.34. The highest BCUT2D eigenvalue weighted by molar-refractivity contribution is 4.70. The molecular formula is C8H18N2. The molecule has 1 fully saturated rings. The van der Waals surface area contributed by atoms with Gasteiger partial charge in [-0.15, -0.1) is 0 Å². The molecule has 1 saturated heterocycles. The number of likely N-dealkylation sites (tertiary alicyclic amines) is 1. The Bertz CT molecular complexity index is 89.3. The first-order valence-electron chi connectivity index (χ1n) is 4.25. The van der Waals surface area contributed by atoms with Crippen LogP contribution in [0, 0.1) is 5.92 Å². The summed E-state index contributed by atoms with van der Waals surface area (Å²) in [6, 6.07) is 0. The standard InChI is InChI=1S/C8H18N2/c1-8(3-4-9)7-10-5-2-6-10/h8H,2-7,9H2,1H3. The van der Waals surface area contributed by atoms with Crippen LogP contribution in [0.1, 0.15) is 19.8 Å². The lowest BCUT2D eigenvalue weighted by atomic mass is 10.1. The quantitative estimate of drug-likeness (QED) is 0.625. The molecule has 2 heteroatoms. The summed E-state index contributed by atoms with van der Waals surface area (Å²) in [5.74, 6) is 0.797. The van der Waals surface area contributed by atoms with Crippen LogP contribution in [0.3, 0.4) is 0 Å². The maximum Gasteiger partial charge on any atom is 0.000751 e. The summed E-state index contributed by atoms with van der Waals surface area (Å²) < 4.78 is 0. The van der Waals surface area contributed by atoms with Gasteiger partial charge in [-0.05, 0) is 38.4 Å². The second-order valence-electron chi connectivity index (χ2n) is 3.34. The molecule has 0 radical (unpaired) electrons. The fourth-order valence-corrected chi connectivity index (χ4v) is 1.38. The van der Waals surface area contributed by atoms with Crippen LogP contribution in [0.5, 0.6) is 0 Å². The molecule has 1 atom stereocenters. The zero-order chi connectivity index (χ0) is 7.40. The van der Waals surface area contributed by atoms with Crippen LogP contribution in [0.15, 0.2) is 0 Å². The molecule has 0 aromatic rings.